The maximum Gasteiger partial charge on any atom is 0.226 e. The molecule has 2 rings (SSSR count). The predicted molar refractivity (Wildman–Crippen MR) is 52.2 cm³/mol. The molecule has 0 bridgehead atoms. The lowest BCUT2D eigenvalue weighted by Gasteiger charge is -2.23. The van der Waals surface area contributed by atoms with Crippen LogP contribution >= 0.6 is 0 Å². The summed E-state index contributed by atoms with van der Waals surface area (Å²) in [6.45, 7) is 1.77. The van der Waals surface area contributed by atoms with E-state index >= 15 is 0 Å². The highest BCUT2D eigenvalue weighted by molar-refractivity contribution is 5.79. The Labute approximate surface area is 84.7 Å². The quantitative estimate of drug-likeness (QED) is 0.663. The lowest BCUT2D eigenvalue weighted by Crippen LogP contribution is -2.38. The molecule has 0 radical (unpaired) electrons. The maximum atomic E-state index is 11.9. The van der Waals surface area contributed by atoms with Gasteiger partial charge in [0, 0.05) is 13.0 Å². The van der Waals surface area contributed by atoms with E-state index in [2.05, 4.69) is 6.07 Å². The molecule has 0 aromatic rings. The molecule has 3 nitrogen and oxygen atoms in total. The van der Waals surface area contributed by atoms with Gasteiger partial charge in [0.1, 0.15) is 6.04 Å². The molecule has 0 aromatic carbocycles. The molecule has 2 saturated carbocycles. The fraction of sp³-hybridized carbons (Fsp3) is 0.818. The monoisotopic (exact) mass is 192 g/mol. The summed E-state index contributed by atoms with van der Waals surface area (Å²) in [4.78, 5) is 13.5. The summed E-state index contributed by atoms with van der Waals surface area (Å²) in [5.74, 6) is 2.04. The van der Waals surface area contributed by atoms with Crippen LogP contribution in [0.25, 0.3) is 0 Å². The van der Waals surface area contributed by atoms with E-state index in [0.29, 0.717) is 0 Å². The van der Waals surface area contributed by atoms with Crippen LogP contribution in [0.3, 0.4) is 0 Å². The summed E-state index contributed by atoms with van der Waals surface area (Å²) in [6, 6.07) is 1.80. The van der Waals surface area contributed by atoms with Gasteiger partial charge in [-0.15, -0.1) is 0 Å². The summed E-state index contributed by atoms with van der Waals surface area (Å²) in [5, 5.41) is 8.71. The fourth-order valence-corrected chi connectivity index (χ4v) is 2.48. The molecule has 2 fully saturated rings. The Bertz CT molecular complexity index is 284. The number of carbonyl (C=O) groups excluding carboxylic acids is 1. The molecule has 2 aliphatic rings. The van der Waals surface area contributed by atoms with E-state index in [0.717, 1.165) is 24.7 Å². The van der Waals surface area contributed by atoms with Crippen LogP contribution in [0.15, 0.2) is 0 Å². The van der Waals surface area contributed by atoms with Crippen molar-refractivity contribution in [3.63, 3.8) is 0 Å². The third-order valence-electron chi connectivity index (χ3n) is 3.71. The Hall–Kier alpha value is -1.04. The molecule has 3 unspecified atom stereocenters. The Morgan fingerprint density at radius 3 is 2.50 bits per heavy atom. The maximum absolute atomic E-state index is 11.9. The van der Waals surface area contributed by atoms with Gasteiger partial charge in [0.2, 0.25) is 5.91 Å². The van der Waals surface area contributed by atoms with Crippen LogP contribution < -0.4 is 0 Å². The predicted octanol–water partition coefficient (Wildman–Crippen LogP) is 1.40. The number of hydrogen-bond donors (Lipinski definition) is 0. The molecular formula is C11H16N2O. The Morgan fingerprint density at radius 1 is 1.43 bits per heavy atom. The number of carbonyl (C=O) groups is 1. The van der Waals surface area contributed by atoms with Crippen molar-refractivity contribution in [2.75, 3.05) is 7.05 Å². The van der Waals surface area contributed by atoms with Gasteiger partial charge in [-0.1, -0.05) is 0 Å². The molecule has 3 heteroatoms. The van der Waals surface area contributed by atoms with Crippen molar-refractivity contribution in [2.45, 2.75) is 32.2 Å². The molecule has 0 spiro atoms. The van der Waals surface area contributed by atoms with Crippen LogP contribution in [0.1, 0.15) is 26.2 Å². The Morgan fingerprint density at radius 2 is 2.00 bits per heavy atom. The normalized spacial score (nSPS) is 35.6. The number of rotatable bonds is 2. The average molecular weight is 192 g/mol. The van der Waals surface area contributed by atoms with Gasteiger partial charge in [-0.05, 0) is 38.0 Å². The molecule has 1 amide bonds. The number of nitriles is 1. The van der Waals surface area contributed by atoms with Crippen LogP contribution in [0, 0.1) is 29.1 Å². The van der Waals surface area contributed by atoms with E-state index in [1.54, 1.807) is 18.9 Å². The fourth-order valence-electron chi connectivity index (χ4n) is 2.48. The highest BCUT2D eigenvalue weighted by Gasteiger charge is 2.48. The van der Waals surface area contributed by atoms with E-state index < -0.39 is 0 Å². The first kappa shape index (κ1) is 9.51. The molecule has 14 heavy (non-hydrogen) atoms. The Balaban J connectivity index is 1.92. The van der Waals surface area contributed by atoms with Gasteiger partial charge in [0.05, 0.1) is 6.07 Å². The van der Waals surface area contributed by atoms with E-state index in [1.165, 1.54) is 6.42 Å². The molecule has 0 aromatic heterocycles. The van der Waals surface area contributed by atoms with Crippen molar-refractivity contribution >= 4 is 5.91 Å². The lowest BCUT2D eigenvalue weighted by atomic mass is 10.0. The van der Waals surface area contributed by atoms with Crippen molar-refractivity contribution < 1.29 is 4.79 Å². The zero-order valence-corrected chi connectivity index (χ0v) is 8.73. The molecule has 76 valence electrons. The van der Waals surface area contributed by atoms with Gasteiger partial charge in [-0.2, -0.15) is 5.26 Å². The molecule has 0 heterocycles. The number of amides is 1. The van der Waals surface area contributed by atoms with Crippen LogP contribution in [0.4, 0.5) is 0 Å². The van der Waals surface area contributed by atoms with Gasteiger partial charge in [-0.3, -0.25) is 4.79 Å². The number of hydrogen-bond acceptors (Lipinski definition) is 2. The zero-order chi connectivity index (χ0) is 10.3. The molecular weight excluding hydrogens is 176 g/mol. The van der Waals surface area contributed by atoms with Crippen LogP contribution in [0.2, 0.25) is 0 Å². The summed E-state index contributed by atoms with van der Waals surface area (Å²) >= 11 is 0. The second kappa shape index (κ2) is 3.27. The van der Waals surface area contributed by atoms with Gasteiger partial charge in [0.15, 0.2) is 0 Å². The zero-order valence-electron chi connectivity index (χ0n) is 8.73. The van der Waals surface area contributed by atoms with E-state index in [9.17, 15) is 4.79 Å². The summed E-state index contributed by atoms with van der Waals surface area (Å²) < 4.78 is 0. The molecule has 0 N–H and O–H groups in total. The van der Waals surface area contributed by atoms with Crippen molar-refractivity contribution in [1.82, 2.24) is 4.90 Å². The summed E-state index contributed by atoms with van der Waals surface area (Å²) in [5.41, 5.74) is 0. The molecule has 2 aliphatic carbocycles. The summed E-state index contributed by atoms with van der Waals surface area (Å²) in [7, 11) is 1.74. The van der Waals surface area contributed by atoms with Crippen LogP contribution in [-0.2, 0) is 4.79 Å². The first-order valence-electron chi connectivity index (χ1n) is 5.29. The van der Waals surface area contributed by atoms with Crippen molar-refractivity contribution in [3.8, 4) is 6.07 Å². The van der Waals surface area contributed by atoms with Crippen molar-refractivity contribution in [1.29, 1.82) is 5.26 Å². The van der Waals surface area contributed by atoms with Crippen molar-refractivity contribution in [2.24, 2.45) is 17.8 Å². The smallest absolute Gasteiger partial charge is 0.226 e. The highest BCUT2D eigenvalue weighted by atomic mass is 16.2. The minimum absolute atomic E-state index is 0.172. The first-order valence-corrected chi connectivity index (χ1v) is 5.29. The third kappa shape index (κ3) is 1.50. The number of fused-ring (bicyclic) bond motifs is 1. The second-order valence-electron chi connectivity index (χ2n) is 4.68. The average Bonchev–Trinajstić information content (AvgIpc) is 2.82. The van der Waals surface area contributed by atoms with E-state index in [4.69, 9.17) is 5.26 Å². The third-order valence-corrected chi connectivity index (χ3v) is 3.71. The second-order valence-corrected chi connectivity index (χ2v) is 4.68. The minimum Gasteiger partial charge on any atom is -0.330 e. The number of nitrogens with zero attached hydrogens (tertiary/aromatic N) is 2. The molecule has 0 aliphatic heterocycles. The molecule has 0 saturated heterocycles. The SMILES string of the molecule is CC(C#N)N(C)C(=O)C1CC2CC2C1. The van der Waals surface area contributed by atoms with Gasteiger partial charge in [0.25, 0.3) is 0 Å². The molecule has 3 atom stereocenters. The van der Waals surface area contributed by atoms with Gasteiger partial charge in [-0.25, -0.2) is 0 Å². The van der Waals surface area contributed by atoms with Gasteiger partial charge >= 0.3 is 0 Å². The Kier molecular flexibility index (Phi) is 2.22. The largest absolute Gasteiger partial charge is 0.330 e. The van der Waals surface area contributed by atoms with E-state index in [1.807, 2.05) is 0 Å². The highest BCUT2D eigenvalue weighted by Crippen LogP contribution is 2.54. The van der Waals surface area contributed by atoms with Gasteiger partial charge < -0.3 is 4.90 Å². The summed E-state index contributed by atoms with van der Waals surface area (Å²) in [6.07, 6.45) is 3.46. The van der Waals surface area contributed by atoms with E-state index in [-0.39, 0.29) is 17.9 Å². The topological polar surface area (TPSA) is 44.1 Å². The lowest BCUT2D eigenvalue weighted by molar-refractivity contribution is -0.135. The minimum atomic E-state index is -0.292. The van der Waals surface area contributed by atoms with Crippen LogP contribution in [0.5, 0.6) is 0 Å². The van der Waals surface area contributed by atoms with Crippen molar-refractivity contribution in [3.05, 3.63) is 0 Å². The first-order chi connectivity index (χ1) is 6.63. The van der Waals surface area contributed by atoms with Crippen LogP contribution in [-0.4, -0.2) is 23.9 Å². The standard InChI is InChI=1S/C11H16N2O/c1-7(6-12)13(2)11(14)10-4-8-3-9(8)5-10/h7-10H,3-5H2,1-2H3.